The lowest BCUT2D eigenvalue weighted by molar-refractivity contribution is 0.139. The fourth-order valence-electron chi connectivity index (χ4n) is 3.04. The fraction of sp³-hybridized carbons (Fsp3) is 0.625. The van der Waals surface area contributed by atoms with Crippen LogP contribution in [0.5, 0.6) is 5.75 Å². The third kappa shape index (κ3) is 3.54. The van der Waals surface area contributed by atoms with E-state index >= 15 is 0 Å². The van der Waals surface area contributed by atoms with Crippen molar-refractivity contribution in [2.45, 2.75) is 12.8 Å². The highest BCUT2D eigenvalue weighted by Crippen LogP contribution is 2.26. The quantitative estimate of drug-likeness (QED) is 0.765. The molecule has 0 spiro atoms. The highest BCUT2D eigenvalue weighted by atomic mass is 79.9. The molecule has 0 aliphatic carbocycles. The van der Waals surface area contributed by atoms with Gasteiger partial charge in [0.1, 0.15) is 5.75 Å². The molecule has 20 heavy (non-hydrogen) atoms. The molecular weight excluding hydrogens is 316 g/mol. The van der Waals surface area contributed by atoms with Gasteiger partial charge in [0, 0.05) is 51.0 Å². The maximum atomic E-state index is 5.56. The van der Waals surface area contributed by atoms with Crippen LogP contribution in [0.4, 0.5) is 0 Å². The van der Waals surface area contributed by atoms with E-state index in [-0.39, 0.29) is 0 Å². The predicted molar refractivity (Wildman–Crippen MR) is 86.0 cm³/mol. The van der Waals surface area contributed by atoms with Gasteiger partial charge in [0.2, 0.25) is 0 Å². The van der Waals surface area contributed by atoms with Gasteiger partial charge in [0.25, 0.3) is 0 Å². The number of alkyl halides is 1. The second kappa shape index (κ2) is 6.92. The molecule has 0 amide bonds. The van der Waals surface area contributed by atoms with Crippen LogP contribution in [-0.2, 0) is 12.8 Å². The van der Waals surface area contributed by atoms with Gasteiger partial charge in [0.15, 0.2) is 0 Å². The second-order valence-electron chi connectivity index (χ2n) is 5.66. The Kier molecular flexibility index (Phi) is 4.97. The lowest BCUT2D eigenvalue weighted by Crippen LogP contribution is -2.47. The van der Waals surface area contributed by atoms with Gasteiger partial charge in [-0.05, 0) is 23.6 Å². The van der Waals surface area contributed by atoms with Crippen molar-refractivity contribution in [1.82, 2.24) is 9.80 Å². The van der Waals surface area contributed by atoms with E-state index in [1.165, 1.54) is 50.4 Å². The molecule has 110 valence electrons. The molecule has 1 saturated heterocycles. The molecule has 0 N–H and O–H groups in total. The second-order valence-corrected chi connectivity index (χ2v) is 6.46. The number of rotatable bonds is 5. The SMILES string of the molecule is BrCCN1CCN(CCc2ccc3c(c2)CCO3)CC1. The summed E-state index contributed by atoms with van der Waals surface area (Å²) in [6, 6.07) is 6.71. The summed E-state index contributed by atoms with van der Waals surface area (Å²) >= 11 is 3.52. The van der Waals surface area contributed by atoms with Crippen LogP contribution in [0.3, 0.4) is 0 Å². The zero-order chi connectivity index (χ0) is 13.8. The Morgan fingerprint density at radius 2 is 1.80 bits per heavy atom. The van der Waals surface area contributed by atoms with Gasteiger partial charge >= 0.3 is 0 Å². The summed E-state index contributed by atoms with van der Waals surface area (Å²) in [6.45, 7) is 8.06. The zero-order valence-corrected chi connectivity index (χ0v) is 13.6. The van der Waals surface area contributed by atoms with E-state index < -0.39 is 0 Å². The first-order valence-electron chi connectivity index (χ1n) is 7.60. The van der Waals surface area contributed by atoms with Crippen LogP contribution in [0.1, 0.15) is 11.1 Å². The zero-order valence-electron chi connectivity index (χ0n) is 12.0. The summed E-state index contributed by atoms with van der Waals surface area (Å²) < 4.78 is 5.56. The van der Waals surface area contributed by atoms with Crippen LogP contribution in [0.15, 0.2) is 18.2 Å². The van der Waals surface area contributed by atoms with E-state index in [9.17, 15) is 0 Å². The van der Waals surface area contributed by atoms with E-state index in [1.807, 2.05) is 0 Å². The Balaban J connectivity index is 1.46. The van der Waals surface area contributed by atoms with Crippen LogP contribution >= 0.6 is 15.9 Å². The molecule has 3 nitrogen and oxygen atoms in total. The predicted octanol–water partition coefficient (Wildman–Crippen LogP) is 2.18. The topological polar surface area (TPSA) is 15.7 Å². The minimum absolute atomic E-state index is 0.855. The van der Waals surface area contributed by atoms with Crippen molar-refractivity contribution in [3.05, 3.63) is 29.3 Å². The van der Waals surface area contributed by atoms with Gasteiger partial charge < -0.3 is 9.64 Å². The molecule has 0 bridgehead atoms. The summed E-state index contributed by atoms with van der Waals surface area (Å²) in [5.74, 6) is 1.09. The fourth-order valence-corrected chi connectivity index (χ4v) is 3.54. The number of fused-ring (bicyclic) bond motifs is 1. The first-order valence-corrected chi connectivity index (χ1v) is 8.72. The van der Waals surface area contributed by atoms with E-state index in [2.05, 4.69) is 43.9 Å². The molecule has 1 fully saturated rings. The first-order chi connectivity index (χ1) is 9.85. The standard InChI is InChI=1S/C16H23BrN2O/c17-5-7-19-10-8-18(9-11-19)6-3-14-1-2-16-15(13-14)4-12-20-16/h1-2,13H,3-12H2. The van der Waals surface area contributed by atoms with Gasteiger partial charge in [-0.25, -0.2) is 0 Å². The van der Waals surface area contributed by atoms with Crippen LogP contribution in [0.2, 0.25) is 0 Å². The number of halogens is 1. The molecule has 1 aromatic rings. The number of benzene rings is 1. The third-order valence-corrected chi connectivity index (χ3v) is 4.69. The van der Waals surface area contributed by atoms with Crippen molar-refractivity contribution >= 4 is 15.9 Å². The molecule has 1 aromatic carbocycles. The average Bonchev–Trinajstić information content (AvgIpc) is 2.94. The molecule has 2 heterocycles. The van der Waals surface area contributed by atoms with E-state index in [0.29, 0.717) is 0 Å². The summed E-state index contributed by atoms with van der Waals surface area (Å²) in [5, 5.41) is 1.09. The lowest BCUT2D eigenvalue weighted by atomic mass is 10.1. The van der Waals surface area contributed by atoms with Gasteiger partial charge in [-0.1, -0.05) is 28.1 Å². The molecule has 2 aliphatic heterocycles. The first kappa shape index (κ1) is 14.4. The number of hydrogen-bond acceptors (Lipinski definition) is 3. The maximum Gasteiger partial charge on any atom is 0.122 e. The van der Waals surface area contributed by atoms with Crippen molar-refractivity contribution in [1.29, 1.82) is 0 Å². The molecule has 4 heteroatoms. The monoisotopic (exact) mass is 338 g/mol. The molecule has 0 unspecified atom stereocenters. The Morgan fingerprint density at radius 1 is 1.05 bits per heavy atom. The van der Waals surface area contributed by atoms with Crippen molar-refractivity contribution in [2.75, 3.05) is 51.2 Å². The van der Waals surface area contributed by atoms with Crippen molar-refractivity contribution in [3.8, 4) is 5.75 Å². The summed E-state index contributed by atoms with van der Waals surface area (Å²) in [7, 11) is 0. The average molecular weight is 339 g/mol. The molecular formula is C16H23BrN2O. The number of ether oxygens (including phenoxy) is 1. The molecule has 0 radical (unpaired) electrons. The largest absolute Gasteiger partial charge is 0.493 e. The van der Waals surface area contributed by atoms with Crippen molar-refractivity contribution in [3.63, 3.8) is 0 Å². The van der Waals surface area contributed by atoms with Crippen molar-refractivity contribution in [2.24, 2.45) is 0 Å². The van der Waals surface area contributed by atoms with E-state index in [4.69, 9.17) is 4.74 Å². The van der Waals surface area contributed by atoms with Crippen LogP contribution < -0.4 is 4.74 Å². The third-order valence-electron chi connectivity index (χ3n) is 4.34. The number of nitrogens with zero attached hydrogens (tertiary/aromatic N) is 2. The van der Waals surface area contributed by atoms with Gasteiger partial charge in [-0.2, -0.15) is 0 Å². The maximum absolute atomic E-state index is 5.56. The Labute approximate surface area is 130 Å². The summed E-state index contributed by atoms with van der Waals surface area (Å²) in [6.07, 6.45) is 2.24. The molecule has 3 rings (SSSR count). The molecule has 2 aliphatic rings. The Hall–Kier alpha value is -0.580. The number of hydrogen-bond donors (Lipinski definition) is 0. The van der Waals surface area contributed by atoms with Gasteiger partial charge in [-0.15, -0.1) is 0 Å². The minimum atomic E-state index is 0.855. The normalized spacial score (nSPS) is 19.9. The van der Waals surface area contributed by atoms with Crippen LogP contribution in [0, 0.1) is 0 Å². The Bertz CT molecular complexity index is 444. The molecule has 0 atom stereocenters. The van der Waals surface area contributed by atoms with Gasteiger partial charge in [-0.3, -0.25) is 4.90 Å². The minimum Gasteiger partial charge on any atom is -0.493 e. The van der Waals surface area contributed by atoms with Crippen LogP contribution in [-0.4, -0.2) is 61.0 Å². The Morgan fingerprint density at radius 3 is 2.55 bits per heavy atom. The molecule has 0 saturated carbocycles. The highest BCUT2D eigenvalue weighted by Gasteiger charge is 2.16. The van der Waals surface area contributed by atoms with Crippen LogP contribution in [0.25, 0.3) is 0 Å². The van der Waals surface area contributed by atoms with E-state index in [0.717, 1.165) is 30.5 Å². The summed E-state index contributed by atoms with van der Waals surface area (Å²) in [5.41, 5.74) is 2.85. The summed E-state index contributed by atoms with van der Waals surface area (Å²) in [4.78, 5) is 5.13. The smallest absolute Gasteiger partial charge is 0.122 e. The molecule has 0 aromatic heterocycles. The van der Waals surface area contributed by atoms with Gasteiger partial charge in [0.05, 0.1) is 6.61 Å². The highest BCUT2D eigenvalue weighted by molar-refractivity contribution is 9.09. The van der Waals surface area contributed by atoms with E-state index in [1.54, 1.807) is 0 Å². The lowest BCUT2D eigenvalue weighted by Gasteiger charge is -2.34. The number of piperazine rings is 1. The van der Waals surface area contributed by atoms with Crippen molar-refractivity contribution < 1.29 is 4.74 Å².